The highest BCUT2D eigenvalue weighted by molar-refractivity contribution is 6.40. The van der Waals surface area contributed by atoms with Crippen molar-refractivity contribution in [3.05, 3.63) is 29.0 Å². The second-order valence-corrected chi connectivity index (χ2v) is 4.09. The molecule has 0 aliphatic carbocycles. The molecule has 0 aromatic heterocycles. The van der Waals surface area contributed by atoms with Gasteiger partial charge in [0.25, 0.3) is 0 Å². The van der Waals surface area contributed by atoms with E-state index in [1.54, 1.807) is 0 Å². The van der Waals surface area contributed by atoms with Crippen LogP contribution in [0.3, 0.4) is 0 Å². The van der Waals surface area contributed by atoms with Crippen LogP contribution in [0.1, 0.15) is 6.92 Å². The second-order valence-electron chi connectivity index (χ2n) is 3.68. The van der Waals surface area contributed by atoms with Crippen molar-refractivity contribution in [3.63, 3.8) is 0 Å². The lowest BCUT2D eigenvalue weighted by atomic mass is 10.3. The lowest BCUT2D eigenvalue weighted by molar-refractivity contribution is -0.137. The van der Waals surface area contributed by atoms with Gasteiger partial charge >= 0.3 is 11.8 Å². The summed E-state index contributed by atoms with van der Waals surface area (Å²) < 4.78 is 13.1. The minimum Gasteiger partial charge on any atom is -0.368 e. The maximum Gasteiger partial charge on any atom is 0.313 e. The number of carbonyl (C=O) groups excluding carboxylic acids is 3. The number of hydrogen-bond donors (Lipinski definition) is 3. The van der Waals surface area contributed by atoms with Crippen molar-refractivity contribution < 1.29 is 18.8 Å². The molecule has 0 aliphatic rings. The lowest BCUT2D eigenvalue weighted by Crippen LogP contribution is -2.46. The van der Waals surface area contributed by atoms with Crippen LogP contribution in [-0.2, 0) is 14.4 Å². The molecular formula is C11H11ClFN3O3. The van der Waals surface area contributed by atoms with Gasteiger partial charge in [0.15, 0.2) is 0 Å². The van der Waals surface area contributed by atoms with Gasteiger partial charge in [0.05, 0.1) is 5.02 Å². The largest absolute Gasteiger partial charge is 0.368 e. The highest BCUT2D eigenvalue weighted by atomic mass is 35.5. The zero-order valence-electron chi connectivity index (χ0n) is 9.87. The van der Waals surface area contributed by atoms with Crippen LogP contribution in [-0.4, -0.2) is 23.8 Å². The summed E-state index contributed by atoms with van der Waals surface area (Å²) >= 11 is 5.47. The van der Waals surface area contributed by atoms with Gasteiger partial charge in [0.2, 0.25) is 5.91 Å². The third-order valence-electron chi connectivity index (χ3n) is 2.16. The van der Waals surface area contributed by atoms with E-state index in [-0.39, 0.29) is 10.7 Å². The number of primary amides is 1. The third-order valence-corrected chi connectivity index (χ3v) is 2.46. The molecule has 1 rings (SSSR count). The summed E-state index contributed by atoms with van der Waals surface area (Å²) in [6.07, 6.45) is 0. The summed E-state index contributed by atoms with van der Waals surface area (Å²) in [5, 5.41) is 4.13. The third kappa shape index (κ3) is 4.22. The SMILES string of the molecule is CC(NC(=O)C(=O)Nc1ccc(Cl)c(F)c1)C(N)=O. The van der Waals surface area contributed by atoms with Gasteiger partial charge in [0.1, 0.15) is 11.9 Å². The molecule has 1 aromatic rings. The minimum atomic E-state index is -1.05. The minimum absolute atomic E-state index is 0.0637. The van der Waals surface area contributed by atoms with Crippen molar-refractivity contribution >= 4 is 35.0 Å². The molecule has 0 heterocycles. The van der Waals surface area contributed by atoms with Crippen molar-refractivity contribution in [1.29, 1.82) is 0 Å². The summed E-state index contributed by atoms with van der Waals surface area (Å²) in [5.74, 6) is -3.61. The predicted molar refractivity (Wildman–Crippen MR) is 66.8 cm³/mol. The van der Waals surface area contributed by atoms with E-state index in [1.165, 1.54) is 19.1 Å². The molecule has 1 atom stereocenters. The first-order chi connectivity index (χ1) is 8.81. The molecule has 0 spiro atoms. The van der Waals surface area contributed by atoms with Crippen molar-refractivity contribution in [1.82, 2.24) is 5.32 Å². The number of halogens is 2. The average molecular weight is 288 g/mol. The summed E-state index contributed by atoms with van der Waals surface area (Å²) in [4.78, 5) is 33.5. The Labute approximate surface area is 113 Å². The Bertz CT molecular complexity index is 536. The van der Waals surface area contributed by atoms with E-state index in [0.29, 0.717) is 0 Å². The molecule has 0 saturated heterocycles. The average Bonchev–Trinajstić information content (AvgIpc) is 2.33. The molecule has 0 radical (unpaired) electrons. The van der Waals surface area contributed by atoms with Gasteiger partial charge in [-0.2, -0.15) is 0 Å². The number of hydrogen-bond acceptors (Lipinski definition) is 3. The van der Waals surface area contributed by atoms with Crippen LogP contribution < -0.4 is 16.4 Å². The van der Waals surface area contributed by atoms with Gasteiger partial charge in [-0.25, -0.2) is 4.39 Å². The van der Waals surface area contributed by atoms with Gasteiger partial charge < -0.3 is 16.4 Å². The quantitative estimate of drug-likeness (QED) is 0.702. The Morgan fingerprint density at radius 3 is 2.47 bits per heavy atom. The van der Waals surface area contributed by atoms with Crippen molar-refractivity contribution in [3.8, 4) is 0 Å². The van der Waals surface area contributed by atoms with E-state index in [0.717, 1.165) is 6.07 Å². The Morgan fingerprint density at radius 1 is 1.32 bits per heavy atom. The Kier molecular flexibility index (Phi) is 4.82. The molecule has 0 bridgehead atoms. The molecule has 8 heteroatoms. The molecule has 4 N–H and O–H groups in total. The van der Waals surface area contributed by atoms with Gasteiger partial charge in [-0.05, 0) is 25.1 Å². The fourth-order valence-corrected chi connectivity index (χ4v) is 1.21. The van der Waals surface area contributed by atoms with Crippen molar-refractivity contribution in [2.75, 3.05) is 5.32 Å². The number of nitrogens with two attached hydrogens (primary N) is 1. The molecule has 0 fully saturated rings. The number of benzene rings is 1. The van der Waals surface area contributed by atoms with E-state index in [1.807, 2.05) is 0 Å². The maximum absolute atomic E-state index is 13.1. The van der Waals surface area contributed by atoms with Crippen LogP contribution in [0.5, 0.6) is 0 Å². The number of amides is 3. The van der Waals surface area contributed by atoms with E-state index < -0.39 is 29.6 Å². The van der Waals surface area contributed by atoms with E-state index >= 15 is 0 Å². The molecule has 6 nitrogen and oxygen atoms in total. The molecule has 0 aliphatic heterocycles. The van der Waals surface area contributed by atoms with Crippen LogP contribution in [0.4, 0.5) is 10.1 Å². The Hall–Kier alpha value is -2.15. The fourth-order valence-electron chi connectivity index (χ4n) is 1.10. The van der Waals surface area contributed by atoms with Crippen LogP contribution >= 0.6 is 11.6 Å². The van der Waals surface area contributed by atoms with E-state index in [9.17, 15) is 18.8 Å². The zero-order chi connectivity index (χ0) is 14.6. The maximum atomic E-state index is 13.1. The molecule has 3 amide bonds. The Morgan fingerprint density at radius 2 is 1.95 bits per heavy atom. The first-order valence-corrected chi connectivity index (χ1v) is 5.55. The number of nitrogens with one attached hydrogen (secondary N) is 2. The van der Waals surface area contributed by atoms with Crippen LogP contribution in [0.25, 0.3) is 0 Å². The summed E-state index contributed by atoms with van der Waals surface area (Å²) in [6.45, 7) is 1.33. The number of rotatable bonds is 3. The molecule has 1 unspecified atom stereocenters. The standard InChI is InChI=1S/C11H11ClFN3O3/c1-5(9(14)17)15-10(18)11(19)16-6-2-3-7(12)8(13)4-6/h2-5H,1H3,(H2,14,17)(H,15,18)(H,16,19). The topological polar surface area (TPSA) is 101 Å². The van der Waals surface area contributed by atoms with E-state index in [2.05, 4.69) is 10.6 Å². The molecular weight excluding hydrogens is 277 g/mol. The zero-order valence-corrected chi connectivity index (χ0v) is 10.6. The van der Waals surface area contributed by atoms with Crippen molar-refractivity contribution in [2.24, 2.45) is 5.73 Å². The van der Waals surface area contributed by atoms with E-state index in [4.69, 9.17) is 17.3 Å². The monoisotopic (exact) mass is 287 g/mol. The Balaban J connectivity index is 2.66. The van der Waals surface area contributed by atoms with Gasteiger partial charge in [0, 0.05) is 5.69 Å². The van der Waals surface area contributed by atoms with Crippen LogP contribution in [0, 0.1) is 5.82 Å². The highest BCUT2D eigenvalue weighted by Gasteiger charge is 2.19. The summed E-state index contributed by atoms with van der Waals surface area (Å²) in [5.41, 5.74) is 4.99. The summed E-state index contributed by atoms with van der Waals surface area (Å²) in [6, 6.07) is 2.54. The second kappa shape index (κ2) is 6.14. The predicted octanol–water partition coefficient (Wildman–Crippen LogP) is 0.408. The van der Waals surface area contributed by atoms with Crippen LogP contribution in [0.15, 0.2) is 18.2 Å². The van der Waals surface area contributed by atoms with Crippen LogP contribution in [0.2, 0.25) is 5.02 Å². The molecule has 19 heavy (non-hydrogen) atoms. The number of anilines is 1. The molecule has 1 aromatic carbocycles. The molecule has 0 saturated carbocycles. The highest BCUT2D eigenvalue weighted by Crippen LogP contribution is 2.18. The fraction of sp³-hybridized carbons (Fsp3) is 0.182. The van der Waals surface area contributed by atoms with Gasteiger partial charge in [-0.1, -0.05) is 11.6 Å². The lowest BCUT2D eigenvalue weighted by Gasteiger charge is -2.10. The van der Waals surface area contributed by atoms with Gasteiger partial charge in [-0.15, -0.1) is 0 Å². The summed E-state index contributed by atoms with van der Waals surface area (Å²) in [7, 11) is 0. The smallest absolute Gasteiger partial charge is 0.313 e. The first-order valence-electron chi connectivity index (χ1n) is 5.17. The molecule has 102 valence electrons. The van der Waals surface area contributed by atoms with Crippen molar-refractivity contribution in [2.45, 2.75) is 13.0 Å². The van der Waals surface area contributed by atoms with Gasteiger partial charge in [-0.3, -0.25) is 14.4 Å². The first kappa shape index (κ1) is 14.9. The number of carbonyl (C=O) groups is 3. The normalized spacial score (nSPS) is 11.5.